The fraction of sp³-hybridized carbons (Fsp3) is 0.154. The van der Waals surface area contributed by atoms with Gasteiger partial charge in [-0.1, -0.05) is 30.3 Å². The number of aliphatic hydroxyl groups excluding tert-OH is 1. The van der Waals surface area contributed by atoms with E-state index in [0.717, 1.165) is 20.4 Å². The molecule has 0 radical (unpaired) electrons. The van der Waals surface area contributed by atoms with Gasteiger partial charge in [-0.25, -0.2) is 4.98 Å². The molecule has 16 heavy (non-hydrogen) atoms. The predicted molar refractivity (Wildman–Crippen MR) is 72.2 cm³/mol. The number of hydrogen-bond donors (Lipinski definition) is 1. The molecule has 0 aliphatic heterocycles. The third-order valence-corrected chi connectivity index (χ3v) is 3.60. The molecule has 0 amide bonds. The highest BCUT2D eigenvalue weighted by atomic mass is 127. The maximum absolute atomic E-state index is 10.2. The summed E-state index contributed by atoms with van der Waals surface area (Å²) in [6, 6.07) is 11.6. The van der Waals surface area contributed by atoms with Crippen LogP contribution in [0.15, 0.2) is 42.6 Å². The van der Waals surface area contributed by atoms with Crippen molar-refractivity contribution in [2.24, 2.45) is 0 Å². The van der Waals surface area contributed by atoms with Crippen molar-refractivity contribution in [1.29, 1.82) is 0 Å². The summed E-state index contributed by atoms with van der Waals surface area (Å²) < 4.78 is 0.974. The van der Waals surface area contributed by atoms with Gasteiger partial charge in [0, 0.05) is 11.8 Å². The summed E-state index contributed by atoms with van der Waals surface area (Å²) in [6.45, 7) is 2.00. The molecule has 0 unspecified atom stereocenters. The van der Waals surface area contributed by atoms with Crippen molar-refractivity contribution in [2.45, 2.75) is 13.0 Å². The van der Waals surface area contributed by atoms with Crippen molar-refractivity contribution in [3.8, 4) is 0 Å². The molecule has 0 aliphatic rings. The molecule has 1 N–H and O–H groups in total. The molecule has 0 fully saturated rings. The summed E-state index contributed by atoms with van der Waals surface area (Å²) in [5, 5.41) is 10.2. The van der Waals surface area contributed by atoms with Crippen molar-refractivity contribution >= 4 is 22.6 Å². The molecule has 1 atom stereocenters. The van der Waals surface area contributed by atoms with Crippen LogP contribution in [0.25, 0.3) is 0 Å². The van der Waals surface area contributed by atoms with Gasteiger partial charge >= 0.3 is 0 Å². The number of aromatic nitrogens is 1. The van der Waals surface area contributed by atoms with Gasteiger partial charge in [0.15, 0.2) is 0 Å². The summed E-state index contributed by atoms with van der Waals surface area (Å²) in [7, 11) is 0. The van der Waals surface area contributed by atoms with Gasteiger partial charge < -0.3 is 5.11 Å². The smallest absolute Gasteiger partial charge is 0.106 e. The first-order valence-electron chi connectivity index (χ1n) is 5.03. The zero-order valence-corrected chi connectivity index (χ0v) is 11.0. The molecule has 82 valence electrons. The lowest BCUT2D eigenvalue weighted by molar-refractivity contribution is 0.220. The molecule has 0 saturated heterocycles. The molecule has 3 heteroatoms. The molecule has 2 nitrogen and oxygen atoms in total. The number of hydrogen-bond acceptors (Lipinski definition) is 2. The minimum absolute atomic E-state index is 0.593. The Kier molecular flexibility index (Phi) is 3.56. The number of nitrogens with zero attached hydrogens (tertiary/aromatic N) is 1. The molecule has 1 aromatic heterocycles. The standard InChI is InChI=1S/C13H12INO/c1-9-7-11(8-15-13(9)14)12(16)10-5-3-2-4-6-10/h2-8,12,16H,1H3/t12-/m0/s1. The summed E-state index contributed by atoms with van der Waals surface area (Å²) in [5.41, 5.74) is 2.82. The van der Waals surface area contributed by atoms with Crippen LogP contribution in [0.1, 0.15) is 22.8 Å². The monoisotopic (exact) mass is 325 g/mol. The van der Waals surface area contributed by atoms with Crippen molar-refractivity contribution in [3.63, 3.8) is 0 Å². The number of pyridine rings is 1. The lowest BCUT2D eigenvalue weighted by Crippen LogP contribution is -2.01. The Hall–Kier alpha value is -0.940. The van der Waals surface area contributed by atoms with E-state index in [2.05, 4.69) is 27.6 Å². The highest BCUT2D eigenvalue weighted by Gasteiger charge is 2.11. The average Bonchev–Trinajstić information content (AvgIpc) is 2.33. The zero-order valence-electron chi connectivity index (χ0n) is 8.89. The number of halogens is 1. The second-order valence-electron chi connectivity index (χ2n) is 3.69. The van der Waals surface area contributed by atoms with Gasteiger partial charge in [0.2, 0.25) is 0 Å². The highest BCUT2D eigenvalue weighted by molar-refractivity contribution is 14.1. The molecular formula is C13H12INO. The van der Waals surface area contributed by atoms with E-state index in [1.807, 2.05) is 43.3 Å². The van der Waals surface area contributed by atoms with E-state index in [1.54, 1.807) is 6.20 Å². The van der Waals surface area contributed by atoms with Crippen molar-refractivity contribution in [1.82, 2.24) is 4.98 Å². The number of benzene rings is 1. The number of rotatable bonds is 2. The molecule has 1 heterocycles. The maximum Gasteiger partial charge on any atom is 0.106 e. The maximum atomic E-state index is 10.2. The molecule has 0 aliphatic carbocycles. The van der Waals surface area contributed by atoms with Crippen LogP contribution < -0.4 is 0 Å². The molecule has 1 aromatic carbocycles. The van der Waals surface area contributed by atoms with Gasteiger partial charge in [0.25, 0.3) is 0 Å². The van der Waals surface area contributed by atoms with Gasteiger partial charge in [-0.05, 0) is 46.7 Å². The third kappa shape index (κ3) is 2.41. The Morgan fingerprint density at radius 2 is 1.88 bits per heavy atom. The predicted octanol–water partition coefficient (Wildman–Crippen LogP) is 3.08. The minimum atomic E-state index is -0.593. The SMILES string of the molecule is Cc1cc([C@@H](O)c2ccccc2)cnc1I. The average molecular weight is 325 g/mol. The molecular weight excluding hydrogens is 313 g/mol. The second-order valence-corrected chi connectivity index (χ2v) is 4.71. The van der Waals surface area contributed by atoms with E-state index in [-0.39, 0.29) is 0 Å². The van der Waals surface area contributed by atoms with Gasteiger partial charge in [0.05, 0.1) is 0 Å². The molecule has 2 rings (SSSR count). The van der Waals surface area contributed by atoms with Crippen LogP contribution in [0, 0.1) is 10.6 Å². The van der Waals surface area contributed by atoms with E-state index >= 15 is 0 Å². The van der Waals surface area contributed by atoms with Crippen molar-refractivity contribution in [3.05, 3.63) is 63.0 Å². The van der Waals surface area contributed by atoms with Gasteiger partial charge in [0.1, 0.15) is 9.80 Å². The Balaban J connectivity index is 2.34. The first-order valence-corrected chi connectivity index (χ1v) is 6.11. The Bertz CT molecular complexity index is 485. The van der Waals surface area contributed by atoms with Crippen LogP contribution in [0.3, 0.4) is 0 Å². The van der Waals surface area contributed by atoms with E-state index in [0.29, 0.717) is 0 Å². The molecule has 2 aromatic rings. The second kappa shape index (κ2) is 4.93. The normalized spacial score (nSPS) is 12.4. The first-order chi connectivity index (χ1) is 7.68. The van der Waals surface area contributed by atoms with Crippen LogP contribution in [-0.4, -0.2) is 10.1 Å². The summed E-state index contributed by atoms with van der Waals surface area (Å²) in [4.78, 5) is 4.25. The van der Waals surface area contributed by atoms with Gasteiger partial charge in [-0.3, -0.25) is 0 Å². The van der Waals surface area contributed by atoms with E-state index in [4.69, 9.17) is 0 Å². The summed E-state index contributed by atoms with van der Waals surface area (Å²) in [6.07, 6.45) is 1.14. The van der Waals surface area contributed by atoms with Crippen LogP contribution in [0.5, 0.6) is 0 Å². The molecule has 0 saturated carbocycles. The number of aryl methyl sites for hydroxylation is 1. The number of aliphatic hydroxyl groups is 1. The zero-order chi connectivity index (χ0) is 11.5. The fourth-order valence-corrected chi connectivity index (χ4v) is 1.85. The largest absolute Gasteiger partial charge is 0.384 e. The van der Waals surface area contributed by atoms with Crippen molar-refractivity contribution < 1.29 is 5.11 Å². The van der Waals surface area contributed by atoms with Gasteiger partial charge in [-0.15, -0.1) is 0 Å². The molecule has 0 spiro atoms. The first kappa shape index (κ1) is 11.5. The van der Waals surface area contributed by atoms with Crippen molar-refractivity contribution in [2.75, 3.05) is 0 Å². The van der Waals surface area contributed by atoms with Crippen LogP contribution >= 0.6 is 22.6 Å². The van der Waals surface area contributed by atoms with Crippen LogP contribution in [0.4, 0.5) is 0 Å². The minimum Gasteiger partial charge on any atom is -0.384 e. The summed E-state index contributed by atoms with van der Waals surface area (Å²) in [5.74, 6) is 0. The quantitative estimate of drug-likeness (QED) is 0.680. The topological polar surface area (TPSA) is 33.1 Å². The highest BCUT2D eigenvalue weighted by Crippen LogP contribution is 2.22. The van der Waals surface area contributed by atoms with E-state index in [1.165, 1.54) is 0 Å². The lowest BCUT2D eigenvalue weighted by atomic mass is 10.0. The summed E-state index contributed by atoms with van der Waals surface area (Å²) >= 11 is 2.19. The van der Waals surface area contributed by atoms with E-state index < -0.39 is 6.10 Å². The Labute approximate surface area is 108 Å². The lowest BCUT2D eigenvalue weighted by Gasteiger charge is -2.11. The van der Waals surface area contributed by atoms with Crippen LogP contribution in [0.2, 0.25) is 0 Å². The Morgan fingerprint density at radius 3 is 2.50 bits per heavy atom. The fourth-order valence-electron chi connectivity index (χ4n) is 1.56. The molecule has 0 bridgehead atoms. The van der Waals surface area contributed by atoms with Gasteiger partial charge in [-0.2, -0.15) is 0 Å². The third-order valence-electron chi connectivity index (χ3n) is 2.47. The Morgan fingerprint density at radius 1 is 1.19 bits per heavy atom. The van der Waals surface area contributed by atoms with Crippen LogP contribution in [-0.2, 0) is 0 Å². The van der Waals surface area contributed by atoms with E-state index in [9.17, 15) is 5.11 Å².